The number of carbonyl (C=O) groups excluding carboxylic acids is 1. The van der Waals surface area contributed by atoms with Crippen LogP contribution in [0.3, 0.4) is 0 Å². The molecular weight excluding hydrogens is 354 g/mol. The Hall–Kier alpha value is -2.68. The fourth-order valence-corrected chi connectivity index (χ4v) is 2.82. The van der Waals surface area contributed by atoms with E-state index in [1.165, 1.54) is 15.9 Å². The number of urea groups is 1. The molecule has 1 aromatic carbocycles. The number of halogens is 4. The zero-order valence-electron chi connectivity index (χ0n) is 13.7. The van der Waals surface area contributed by atoms with Gasteiger partial charge in [0.2, 0.25) is 0 Å². The van der Waals surface area contributed by atoms with Crippen LogP contribution in [-0.2, 0) is 0 Å². The molecule has 1 aromatic heterocycles. The van der Waals surface area contributed by atoms with Gasteiger partial charge in [0.05, 0.1) is 11.9 Å². The van der Waals surface area contributed by atoms with Crippen LogP contribution in [0.4, 0.5) is 33.7 Å². The van der Waals surface area contributed by atoms with Crippen LogP contribution in [0.5, 0.6) is 0 Å². The van der Waals surface area contributed by atoms with Gasteiger partial charge in [-0.3, -0.25) is 14.8 Å². The number of benzene rings is 1. The molecule has 1 aliphatic heterocycles. The highest BCUT2D eigenvalue weighted by atomic mass is 19.4. The molecule has 2 heterocycles. The maximum atomic E-state index is 14.1. The summed E-state index contributed by atoms with van der Waals surface area (Å²) < 4.78 is 51.8. The van der Waals surface area contributed by atoms with E-state index in [0.717, 1.165) is 17.7 Å². The van der Waals surface area contributed by atoms with Gasteiger partial charge in [0.15, 0.2) is 6.10 Å². The Morgan fingerprint density at radius 3 is 2.50 bits per heavy atom. The van der Waals surface area contributed by atoms with Crippen molar-refractivity contribution in [1.82, 2.24) is 4.98 Å². The first-order chi connectivity index (χ1) is 12.2. The highest BCUT2D eigenvalue weighted by molar-refractivity contribution is 6.06. The summed E-state index contributed by atoms with van der Waals surface area (Å²) in [7, 11) is 0. The van der Waals surface area contributed by atoms with Gasteiger partial charge < -0.3 is 5.11 Å². The molecule has 138 valence electrons. The number of amides is 2. The van der Waals surface area contributed by atoms with Gasteiger partial charge in [0, 0.05) is 30.5 Å². The van der Waals surface area contributed by atoms with Gasteiger partial charge in [0.25, 0.3) is 0 Å². The zero-order chi connectivity index (χ0) is 19.1. The summed E-state index contributed by atoms with van der Waals surface area (Å²) in [6.45, 7) is 2.40. The number of carbonyl (C=O) groups is 1. The van der Waals surface area contributed by atoms with Crippen LogP contribution < -0.4 is 9.80 Å². The lowest BCUT2D eigenvalue weighted by Crippen LogP contribution is -2.32. The minimum absolute atomic E-state index is 0.120. The molecule has 1 fully saturated rings. The standard InChI is InChI=1S/C17H15F4N3O2/c1-10-4-5-22-9-14(10)24-7-6-23(16(24)26)11-2-3-12(13(18)8-11)15(25)17(19,20)21/h2-5,8-9,15,25H,6-7H2,1H3. The monoisotopic (exact) mass is 369 g/mol. The normalized spacial score (nSPS) is 16.3. The van der Waals surface area contributed by atoms with Crippen molar-refractivity contribution < 1.29 is 27.5 Å². The van der Waals surface area contributed by atoms with E-state index in [9.17, 15) is 27.5 Å². The number of aliphatic hydroxyl groups is 1. The van der Waals surface area contributed by atoms with Crippen molar-refractivity contribution in [1.29, 1.82) is 0 Å². The molecule has 0 bridgehead atoms. The van der Waals surface area contributed by atoms with Crippen molar-refractivity contribution in [3.8, 4) is 0 Å². The van der Waals surface area contributed by atoms with Gasteiger partial charge in [-0.25, -0.2) is 9.18 Å². The second-order valence-electron chi connectivity index (χ2n) is 5.90. The molecule has 5 nitrogen and oxygen atoms in total. The highest BCUT2D eigenvalue weighted by Crippen LogP contribution is 2.35. The lowest BCUT2D eigenvalue weighted by Gasteiger charge is -2.21. The summed E-state index contributed by atoms with van der Waals surface area (Å²) in [5, 5.41) is 9.21. The Morgan fingerprint density at radius 1 is 1.19 bits per heavy atom. The number of nitrogens with zero attached hydrogens (tertiary/aromatic N) is 3. The van der Waals surface area contributed by atoms with Crippen LogP contribution >= 0.6 is 0 Å². The zero-order valence-corrected chi connectivity index (χ0v) is 13.7. The fraction of sp³-hybridized carbons (Fsp3) is 0.294. The molecule has 1 saturated heterocycles. The summed E-state index contributed by atoms with van der Waals surface area (Å²) in [4.78, 5) is 19.3. The maximum absolute atomic E-state index is 14.1. The molecule has 1 unspecified atom stereocenters. The molecule has 1 N–H and O–H groups in total. The van der Waals surface area contributed by atoms with Crippen molar-refractivity contribution in [2.75, 3.05) is 22.9 Å². The number of rotatable bonds is 3. The molecule has 3 rings (SSSR count). The Labute approximate surface area is 146 Å². The fourth-order valence-electron chi connectivity index (χ4n) is 2.82. The smallest absolute Gasteiger partial charge is 0.379 e. The Morgan fingerprint density at radius 2 is 1.88 bits per heavy atom. The van der Waals surface area contributed by atoms with E-state index in [-0.39, 0.29) is 12.2 Å². The van der Waals surface area contributed by atoms with Crippen LogP contribution in [0, 0.1) is 12.7 Å². The third kappa shape index (κ3) is 3.22. The Bertz CT molecular complexity index is 841. The second-order valence-corrected chi connectivity index (χ2v) is 5.90. The van der Waals surface area contributed by atoms with Gasteiger partial charge in [-0.05, 0) is 30.7 Å². The predicted molar refractivity (Wildman–Crippen MR) is 86.5 cm³/mol. The van der Waals surface area contributed by atoms with Crippen molar-refractivity contribution in [2.45, 2.75) is 19.2 Å². The lowest BCUT2D eigenvalue weighted by molar-refractivity contribution is -0.207. The number of alkyl halides is 3. The van der Waals surface area contributed by atoms with Crippen LogP contribution in [0.2, 0.25) is 0 Å². The van der Waals surface area contributed by atoms with E-state index in [1.54, 1.807) is 18.5 Å². The molecule has 0 spiro atoms. The van der Waals surface area contributed by atoms with Gasteiger partial charge in [-0.2, -0.15) is 13.2 Å². The third-order valence-electron chi connectivity index (χ3n) is 4.21. The summed E-state index contributed by atoms with van der Waals surface area (Å²) in [5.74, 6) is -1.23. The van der Waals surface area contributed by atoms with E-state index in [4.69, 9.17) is 0 Å². The molecule has 0 radical (unpaired) electrons. The van der Waals surface area contributed by atoms with E-state index in [2.05, 4.69) is 4.98 Å². The number of anilines is 2. The van der Waals surface area contributed by atoms with Crippen LogP contribution in [-0.4, -0.2) is 35.4 Å². The topological polar surface area (TPSA) is 56.7 Å². The van der Waals surface area contributed by atoms with E-state index in [0.29, 0.717) is 12.2 Å². The maximum Gasteiger partial charge on any atom is 0.418 e. The predicted octanol–water partition coefficient (Wildman–Crippen LogP) is 3.57. The minimum atomic E-state index is -4.97. The number of aryl methyl sites for hydroxylation is 1. The molecular formula is C17H15F4N3O2. The largest absolute Gasteiger partial charge is 0.418 e. The third-order valence-corrected chi connectivity index (χ3v) is 4.21. The second kappa shape index (κ2) is 6.56. The van der Waals surface area contributed by atoms with Gasteiger partial charge >= 0.3 is 12.2 Å². The first-order valence-corrected chi connectivity index (χ1v) is 7.74. The minimum Gasteiger partial charge on any atom is -0.379 e. The number of pyridine rings is 1. The van der Waals surface area contributed by atoms with Gasteiger partial charge in [-0.1, -0.05) is 6.07 Å². The van der Waals surface area contributed by atoms with Crippen LogP contribution in [0.15, 0.2) is 36.7 Å². The van der Waals surface area contributed by atoms with E-state index in [1.807, 2.05) is 6.92 Å². The molecule has 1 aliphatic rings. The molecule has 0 aliphatic carbocycles. The molecule has 2 amide bonds. The SMILES string of the molecule is Cc1ccncc1N1CCN(c2ccc(C(O)C(F)(F)F)c(F)c2)C1=O. The lowest BCUT2D eigenvalue weighted by atomic mass is 10.1. The molecule has 26 heavy (non-hydrogen) atoms. The van der Waals surface area contributed by atoms with Crippen LogP contribution in [0.25, 0.3) is 0 Å². The summed E-state index contributed by atoms with van der Waals surface area (Å²) >= 11 is 0. The number of hydrogen-bond donors (Lipinski definition) is 1. The van der Waals surface area contributed by atoms with Crippen molar-refractivity contribution in [3.63, 3.8) is 0 Å². The van der Waals surface area contributed by atoms with E-state index >= 15 is 0 Å². The van der Waals surface area contributed by atoms with Crippen LogP contribution in [0.1, 0.15) is 17.2 Å². The molecule has 9 heteroatoms. The van der Waals surface area contributed by atoms with Crippen molar-refractivity contribution >= 4 is 17.4 Å². The summed E-state index contributed by atoms with van der Waals surface area (Å²) in [6.07, 6.45) is -4.75. The summed E-state index contributed by atoms with van der Waals surface area (Å²) in [5.41, 5.74) is 0.692. The Kier molecular flexibility index (Phi) is 4.57. The molecule has 2 aromatic rings. The quantitative estimate of drug-likeness (QED) is 0.842. The van der Waals surface area contributed by atoms with E-state index < -0.39 is 29.7 Å². The van der Waals surface area contributed by atoms with Gasteiger partial charge in [-0.15, -0.1) is 0 Å². The number of aromatic nitrogens is 1. The average molecular weight is 369 g/mol. The number of hydrogen-bond acceptors (Lipinski definition) is 3. The Balaban J connectivity index is 1.86. The average Bonchev–Trinajstić information content (AvgIpc) is 2.95. The molecule has 0 saturated carbocycles. The van der Waals surface area contributed by atoms with Gasteiger partial charge in [0.1, 0.15) is 5.82 Å². The van der Waals surface area contributed by atoms with Crippen molar-refractivity contribution in [3.05, 3.63) is 53.6 Å². The first kappa shape index (κ1) is 18.1. The highest BCUT2D eigenvalue weighted by Gasteiger charge is 2.41. The molecule has 1 atom stereocenters. The summed E-state index contributed by atoms with van der Waals surface area (Å²) in [6, 6.07) is 4.17. The number of aliphatic hydroxyl groups excluding tert-OH is 1. The first-order valence-electron chi connectivity index (χ1n) is 7.74. The van der Waals surface area contributed by atoms with Crippen molar-refractivity contribution in [2.24, 2.45) is 0 Å².